The molecule has 2 N–H and O–H groups in total. The lowest BCUT2D eigenvalue weighted by Crippen LogP contribution is -2.36. The van der Waals surface area contributed by atoms with E-state index in [0.717, 1.165) is 5.70 Å². The monoisotopic (exact) mass is 176 g/mol. The summed E-state index contributed by atoms with van der Waals surface area (Å²) in [6.07, 6.45) is 9.40. The van der Waals surface area contributed by atoms with Crippen molar-refractivity contribution in [1.82, 2.24) is 4.90 Å². The third-order valence-electron chi connectivity index (χ3n) is 2.46. The van der Waals surface area contributed by atoms with Crippen molar-refractivity contribution in [2.45, 2.75) is 0 Å². The summed E-state index contributed by atoms with van der Waals surface area (Å²) in [6, 6.07) is 0. The second-order valence-electron chi connectivity index (χ2n) is 3.42. The number of amides is 1. The summed E-state index contributed by atoms with van der Waals surface area (Å²) >= 11 is 0. The van der Waals surface area contributed by atoms with Gasteiger partial charge < -0.3 is 10.6 Å². The third kappa shape index (κ3) is 1.26. The lowest BCUT2D eigenvalue weighted by Gasteiger charge is -2.29. The van der Waals surface area contributed by atoms with Crippen LogP contribution in [0.4, 0.5) is 0 Å². The molecule has 1 amide bonds. The first-order valence-corrected chi connectivity index (χ1v) is 4.29. The van der Waals surface area contributed by atoms with Crippen LogP contribution < -0.4 is 5.73 Å². The van der Waals surface area contributed by atoms with E-state index < -0.39 is 0 Å². The fraction of sp³-hybridized carbons (Fsp3) is 0.300. The molecule has 2 atom stereocenters. The molecule has 0 aromatic heterocycles. The predicted octanol–water partition coefficient (Wildman–Crippen LogP) is 0.617. The predicted molar refractivity (Wildman–Crippen MR) is 50.3 cm³/mol. The fourth-order valence-electron chi connectivity index (χ4n) is 1.68. The summed E-state index contributed by atoms with van der Waals surface area (Å²) in [5, 5.41) is 0. The molecule has 2 unspecified atom stereocenters. The van der Waals surface area contributed by atoms with Crippen molar-refractivity contribution in [2.24, 2.45) is 17.6 Å². The van der Waals surface area contributed by atoms with Crippen LogP contribution in [0.1, 0.15) is 0 Å². The van der Waals surface area contributed by atoms with Gasteiger partial charge in [0.15, 0.2) is 0 Å². The van der Waals surface area contributed by atoms with Gasteiger partial charge in [0.2, 0.25) is 5.91 Å². The molecule has 0 spiro atoms. The Morgan fingerprint density at radius 1 is 1.46 bits per heavy atom. The molecule has 3 nitrogen and oxygen atoms in total. The molecular weight excluding hydrogens is 164 g/mol. The van der Waals surface area contributed by atoms with Crippen LogP contribution in [0.15, 0.2) is 36.2 Å². The van der Waals surface area contributed by atoms with Crippen LogP contribution in [-0.4, -0.2) is 17.9 Å². The van der Waals surface area contributed by atoms with Crippen LogP contribution in [0.25, 0.3) is 0 Å². The van der Waals surface area contributed by atoms with Crippen LogP contribution in [0.5, 0.6) is 0 Å². The molecular formula is C10H12N2O. The highest BCUT2D eigenvalue weighted by Gasteiger charge is 2.30. The number of hydrogen-bond donors (Lipinski definition) is 1. The van der Waals surface area contributed by atoms with Gasteiger partial charge in [-0.2, -0.15) is 0 Å². The second-order valence-corrected chi connectivity index (χ2v) is 3.42. The third-order valence-corrected chi connectivity index (χ3v) is 2.46. The van der Waals surface area contributed by atoms with Gasteiger partial charge in [-0.1, -0.05) is 18.2 Å². The Kier molecular flexibility index (Phi) is 1.72. The molecule has 0 saturated heterocycles. The quantitative estimate of drug-likeness (QED) is 0.588. The minimum atomic E-state index is -0.0534. The van der Waals surface area contributed by atoms with E-state index in [-0.39, 0.29) is 17.7 Å². The molecule has 2 aliphatic rings. The lowest BCUT2D eigenvalue weighted by molar-refractivity contribution is -0.131. The molecule has 68 valence electrons. The number of nitrogens with zero attached hydrogens (tertiary/aromatic N) is 1. The zero-order chi connectivity index (χ0) is 9.42. The number of hydrogen-bond acceptors (Lipinski definition) is 2. The molecule has 1 aliphatic heterocycles. The van der Waals surface area contributed by atoms with E-state index in [1.807, 2.05) is 18.2 Å². The molecule has 0 aromatic rings. The number of nitrogens with two attached hydrogens (primary N) is 1. The molecule has 0 bridgehead atoms. The van der Waals surface area contributed by atoms with Gasteiger partial charge in [-0.15, -0.1) is 0 Å². The van der Waals surface area contributed by atoms with Gasteiger partial charge in [0.1, 0.15) is 0 Å². The number of rotatable bonds is 0. The molecule has 1 heterocycles. The van der Waals surface area contributed by atoms with Gasteiger partial charge >= 0.3 is 0 Å². The van der Waals surface area contributed by atoms with Crippen LogP contribution in [0, 0.1) is 11.8 Å². The molecule has 1 aliphatic carbocycles. The maximum atomic E-state index is 11.6. The summed E-state index contributed by atoms with van der Waals surface area (Å²) in [7, 11) is 1.77. The van der Waals surface area contributed by atoms with E-state index in [1.165, 1.54) is 0 Å². The molecule has 2 rings (SSSR count). The van der Waals surface area contributed by atoms with Gasteiger partial charge in [0.05, 0.1) is 5.92 Å². The van der Waals surface area contributed by atoms with Crippen molar-refractivity contribution in [2.75, 3.05) is 7.05 Å². The summed E-state index contributed by atoms with van der Waals surface area (Å²) in [6.45, 7) is 0. The van der Waals surface area contributed by atoms with E-state index in [1.54, 1.807) is 24.2 Å². The van der Waals surface area contributed by atoms with Crippen molar-refractivity contribution in [3.8, 4) is 0 Å². The van der Waals surface area contributed by atoms with Crippen LogP contribution >= 0.6 is 0 Å². The normalized spacial score (nSPS) is 31.6. The fourth-order valence-corrected chi connectivity index (χ4v) is 1.68. The minimum absolute atomic E-state index is 0.0534. The summed E-state index contributed by atoms with van der Waals surface area (Å²) in [5.41, 5.74) is 6.38. The first-order chi connectivity index (χ1) is 6.18. The van der Waals surface area contributed by atoms with Crippen molar-refractivity contribution in [1.29, 1.82) is 0 Å². The lowest BCUT2D eigenvalue weighted by atomic mass is 9.84. The second kappa shape index (κ2) is 2.76. The highest BCUT2D eigenvalue weighted by Crippen LogP contribution is 2.27. The first-order valence-electron chi connectivity index (χ1n) is 4.29. The van der Waals surface area contributed by atoms with Crippen molar-refractivity contribution in [3.05, 3.63) is 36.2 Å². The van der Waals surface area contributed by atoms with Crippen molar-refractivity contribution < 1.29 is 4.79 Å². The Morgan fingerprint density at radius 2 is 2.23 bits per heavy atom. The maximum absolute atomic E-state index is 11.6. The zero-order valence-corrected chi connectivity index (χ0v) is 7.47. The van der Waals surface area contributed by atoms with E-state index in [9.17, 15) is 4.79 Å². The summed E-state index contributed by atoms with van der Waals surface area (Å²) in [4.78, 5) is 13.2. The van der Waals surface area contributed by atoms with Crippen LogP contribution in [-0.2, 0) is 4.79 Å². The number of carbonyl (C=O) groups is 1. The topological polar surface area (TPSA) is 46.3 Å². The Morgan fingerprint density at radius 3 is 3.00 bits per heavy atom. The van der Waals surface area contributed by atoms with Crippen LogP contribution in [0.2, 0.25) is 0 Å². The van der Waals surface area contributed by atoms with Gasteiger partial charge in [-0.05, 0) is 6.08 Å². The molecule has 3 heteroatoms. The van der Waals surface area contributed by atoms with Crippen molar-refractivity contribution >= 4 is 5.91 Å². The Labute approximate surface area is 77.2 Å². The molecule has 0 fully saturated rings. The molecule has 13 heavy (non-hydrogen) atoms. The van der Waals surface area contributed by atoms with Crippen LogP contribution in [0.3, 0.4) is 0 Å². The highest BCUT2D eigenvalue weighted by atomic mass is 16.2. The SMILES string of the molecule is CN1C=CC2C=C(N)C=CC2C1=O. The average Bonchev–Trinajstić information content (AvgIpc) is 2.12. The van der Waals surface area contributed by atoms with Gasteiger partial charge in [0, 0.05) is 24.9 Å². The Hall–Kier alpha value is -1.51. The largest absolute Gasteiger partial charge is 0.399 e. The minimum Gasteiger partial charge on any atom is -0.399 e. The molecule has 0 aromatic carbocycles. The average molecular weight is 176 g/mol. The number of allylic oxidation sites excluding steroid dienone is 3. The van der Waals surface area contributed by atoms with E-state index in [4.69, 9.17) is 5.73 Å². The molecule has 0 saturated carbocycles. The summed E-state index contributed by atoms with van der Waals surface area (Å²) in [5.74, 6) is 0.225. The number of carbonyl (C=O) groups excluding carboxylic acids is 1. The smallest absolute Gasteiger partial charge is 0.234 e. The van der Waals surface area contributed by atoms with Gasteiger partial charge in [0.25, 0.3) is 0 Å². The summed E-state index contributed by atoms with van der Waals surface area (Å²) < 4.78 is 0. The van der Waals surface area contributed by atoms with Gasteiger partial charge in [-0.3, -0.25) is 4.79 Å². The molecule has 0 radical (unpaired) electrons. The van der Waals surface area contributed by atoms with E-state index in [0.29, 0.717) is 0 Å². The first kappa shape index (κ1) is 8.10. The van der Waals surface area contributed by atoms with E-state index >= 15 is 0 Å². The van der Waals surface area contributed by atoms with E-state index in [2.05, 4.69) is 0 Å². The van der Waals surface area contributed by atoms with Crippen molar-refractivity contribution in [3.63, 3.8) is 0 Å². The Bertz CT molecular complexity index is 328. The van der Waals surface area contributed by atoms with Gasteiger partial charge in [-0.25, -0.2) is 0 Å². The standard InChI is InChI=1S/C10H12N2O/c1-12-5-4-7-6-8(11)2-3-9(7)10(12)13/h2-7,9H,11H2,1H3. The Balaban J connectivity index is 2.34. The highest BCUT2D eigenvalue weighted by molar-refractivity contribution is 5.83. The zero-order valence-electron chi connectivity index (χ0n) is 7.47. The number of fused-ring (bicyclic) bond motifs is 1. The maximum Gasteiger partial charge on any atom is 0.234 e.